The summed E-state index contributed by atoms with van der Waals surface area (Å²) >= 11 is 6.12. The molecule has 0 aromatic heterocycles. The van der Waals surface area contributed by atoms with E-state index in [-0.39, 0.29) is 18.1 Å². The summed E-state index contributed by atoms with van der Waals surface area (Å²) in [6.45, 7) is 1.48. The summed E-state index contributed by atoms with van der Waals surface area (Å²) < 4.78 is 0. The number of carbonyl (C=O) groups excluding carboxylic acids is 1. The minimum absolute atomic E-state index is 0.0201. The second kappa shape index (κ2) is 7.65. The van der Waals surface area contributed by atoms with Crippen molar-refractivity contribution < 1.29 is 9.90 Å². The van der Waals surface area contributed by atoms with Gasteiger partial charge in [-0.05, 0) is 37.8 Å². The number of piperidine rings is 1. The third-order valence-electron chi connectivity index (χ3n) is 5.07. The SMILES string of the molecule is O=C(c1ccccc1Cl)N1CCC(NC2CCCCC2O)CC1. The highest BCUT2D eigenvalue weighted by Gasteiger charge is 2.29. The summed E-state index contributed by atoms with van der Waals surface area (Å²) in [4.78, 5) is 14.4. The molecule has 2 N–H and O–H groups in total. The molecule has 0 radical (unpaired) electrons. The maximum absolute atomic E-state index is 12.6. The van der Waals surface area contributed by atoms with Gasteiger partial charge in [0.15, 0.2) is 0 Å². The number of aliphatic hydroxyl groups is 1. The van der Waals surface area contributed by atoms with Crippen molar-refractivity contribution in [2.45, 2.75) is 56.7 Å². The molecule has 1 saturated heterocycles. The predicted molar refractivity (Wildman–Crippen MR) is 91.8 cm³/mol. The molecule has 1 aromatic rings. The Morgan fingerprint density at radius 2 is 1.83 bits per heavy atom. The van der Waals surface area contributed by atoms with Crippen LogP contribution in [0.1, 0.15) is 48.9 Å². The Hall–Kier alpha value is -1.10. The smallest absolute Gasteiger partial charge is 0.255 e. The first kappa shape index (κ1) is 16.7. The summed E-state index contributed by atoms with van der Waals surface area (Å²) in [5, 5.41) is 14.2. The Labute approximate surface area is 142 Å². The summed E-state index contributed by atoms with van der Waals surface area (Å²) in [6.07, 6.45) is 5.93. The fourth-order valence-corrected chi connectivity index (χ4v) is 3.88. The van der Waals surface area contributed by atoms with E-state index >= 15 is 0 Å². The highest BCUT2D eigenvalue weighted by Crippen LogP contribution is 2.23. The first-order valence-electron chi connectivity index (χ1n) is 8.63. The molecule has 0 spiro atoms. The largest absolute Gasteiger partial charge is 0.392 e. The van der Waals surface area contributed by atoms with Crippen LogP contribution < -0.4 is 5.32 Å². The van der Waals surface area contributed by atoms with Crippen LogP contribution in [0.4, 0.5) is 0 Å². The first-order chi connectivity index (χ1) is 11.1. The van der Waals surface area contributed by atoms with Gasteiger partial charge in [-0.3, -0.25) is 4.79 Å². The zero-order valence-electron chi connectivity index (χ0n) is 13.4. The molecule has 2 unspecified atom stereocenters. The lowest BCUT2D eigenvalue weighted by atomic mass is 9.91. The number of amides is 1. The standard InChI is InChI=1S/C18H25ClN2O2/c19-15-6-2-1-5-14(15)18(23)21-11-9-13(10-12-21)20-16-7-3-4-8-17(16)22/h1-2,5-6,13,16-17,20,22H,3-4,7-12H2. The molecule has 1 aliphatic heterocycles. The van der Waals surface area contributed by atoms with E-state index in [4.69, 9.17) is 11.6 Å². The van der Waals surface area contributed by atoms with Gasteiger partial charge in [-0.1, -0.05) is 36.6 Å². The van der Waals surface area contributed by atoms with E-state index in [9.17, 15) is 9.90 Å². The molecular weight excluding hydrogens is 312 g/mol. The molecular formula is C18H25ClN2O2. The van der Waals surface area contributed by atoms with E-state index in [1.54, 1.807) is 12.1 Å². The van der Waals surface area contributed by atoms with E-state index in [1.165, 1.54) is 6.42 Å². The van der Waals surface area contributed by atoms with Crippen molar-refractivity contribution in [3.8, 4) is 0 Å². The Bertz CT molecular complexity index is 544. The normalized spacial score (nSPS) is 26.3. The molecule has 5 heteroatoms. The quantitative estimate of drug-likeness (QED) is 0.892. The fourth-order valence-electron chi connectivity index (χ4n) is 3.66. The summed E-state index contributed by atoms with van der Waals surface area (Å²) in [6, 6.07) is 7.84. The number of hydrogen-bond donors (Lipinski definition) is 2. The monoisotopic (exact) mass is 336 g/mol. The third kappa shape index (κ3) is 4.06. The lowest BCUT2D eigenvalue weighted by Gasteiger charge is -2.37. The Kier molecular flexibility index (Phi) is 5.57. The van der Waals surface area contributed by atoms with Crippen molar-refractivity contribution in [1.29, 1.82) is 0 Å². The molecule has 1 amide bonds. The van der Waals surface area contributed by atoms with Gasteiger partial charge in [0, 0.05) is 25.2 Å². The Morgan fingerprint density at radius 3 is 2.52 bits per heavy atom. The van der Waals surface area contributed by atoms with Gasteiger partial charge in [0.05, 0.1) is 16.7 Å². The number of carbonyl (C=O) groups is 1. The van der Waals surface area contributed by atoms with Crippen molar-refractivity contribution in [2.24, 2.45) is 0 Å². The molecule has 4 nitrogen and oxygen atoms in total. The van der Waals surface area contributed by atoms with Crippen molar-refractivity contribution >= 4 is 17.5 Å². The van der Waals surface area contributed by atoms with Gasteiger partial charge in [0.25, 0.3) is 5.91 Å². The van der Waals surface area contributed by atoms with Crippen LogP contribution in [0.5, 0.6) is 0 Å². The lowest BCUT2D eigenvalue weighted by Crippen LogP contribution is -2.51. The number of benzene rings is 1. The number of hydrogen-bond acceptors (Lipinski definition) is 3. The van der Waals surface area contributed by atoms with Crippen LogP contribution in [0.3, 0.4) is 0 Å². The summed E-state index contributed by atoms with van der Waals surface area (Å²) in [7, 11) is 0. The van der Waals surface area contributed by atoms with Crippen molar-refractivity contribution in [3.05, 3.63) is 34.9 Å². The van der Waals surface area contributed by atoms with Gasteiger partial charge < -0.3 is 15.3 Å². The summed E-state index contributed by atoms with van der Waals surface area (Å²) in [5.41, 5.74) is 0.586. The van der Waals surface area contributed by atoms with Gasteiger partial charge in [0.2, 0.25) is 0 Å². The van der Waals surface area contributed by atoms with Crippen molar-refractivity contribution in [1.82, 2.24) is 10.2 Å². The Balaban J connectivity index is 1.52. The first-order valence-corrected chi connectivity index (χ1v) is 9.01. The van der Waals surface area contributed by atoms with Crippen LogP contribution in [0.2, 0.25) is 5.02 Å². The maximum Gasteiger partial charge on any atom is 0.255 e. The fraction of sp³-hybridized carbons (Fsp3) is 0.611. The number of aliphatic hydroxyl groups excluding tert-OH is 1. The highest BCUT2D eigenvalue weighted by molar-refractivity contribution is 6.33. The molecule has 1 aliphatic carbocycles. The lowest BCUT2D eigenvalue weighted by molar-refractivity contribution is 0.0627. The molecule has 2 aliphatic rings. The molecule has 1 saturated carbocycles. The van der Waals surface area contributed by atoms with Crippen LogP contribution in [-0.4, -0.2) is 47.2 Å². The van der Waals surface area contributed by atoms with E-state index in [2.05, 4.69) is 5.32 Å². The maximum atomic E-state index is 12.6. The van der Waals surface area contributed by atoms with Crippen LogP contribution >= 0.6 is 11.6 Å². The third-order valence-corrected chi connectivity index (χ3v) is 5.40. The van der Waals surface area contributed by atoms with E-state index in [1.807, 2.05) is 17.0 Å². The number of rotatable bonds is 3. The van der Waals surface area contributed by atoms with Crippen LogP contribution in [0.15, 0.2) is 24.3 Å². The highest BCUT2D eigenvalue weighted by atomic mass is 35.5. The molecule has 1 aromatic carbocycles. The predicted octanol–water partition coefficient (Wildman–Crippen LogP) is 2.84. The van der Waals surface area contributed by atoms with Crippen LogP contribution in [0, 0.1) is 0 Å². The van der Waals surface area contributed by atoms with E-state index in [0.717, 1.165) is 45.2 Å². The molecule has 0 bridgehead atoms. The summed E-state index contributed by atoms with van der Waals surface area (Å²) in [5.74, 6) is 0.0201. The van der Waals surface area contributed by atoms with Gasteiger partial charge >= 0.3 is 0 Å². The number of nitrogens with zero attached hydrogens (tertiary/aromatic N) is 1. The second-order valence-corrected chi connectivity index (χ2v) is 7.08. The molecule has 2 fully saturated rings. The molecule has 3 rings (SSSR count). The minimum Gasteiger partial charge on any atom is -0.392 e. The van der Waals surface area contributed by atoms with E-state index in [0.29, 0.717) is 16.6 Å². The average molecular weight is 337 g/mol. The molecule has 23 heavy (non-hydrogen) atoms. The molecule has 126 valence electrons. The van der Waals surface area contributed by atoms with Gasteiger partial charge in [-0.15, -0.1) is 0 Å². The van der Waals surface area contributed by atoms with Gasteiger partial charge in [-0.2, -0.15) is 0 Å². The van der Waals surface area contributed by atoms with Gasteiger partial charge in [-0.25, -0.2) is 0 Å². The molecule has 1 heterocycles. The van der Waals surface area contributed by atoms with E-state index < -0.39 is 0 Å². The van der Waals surface area contributed by atoms with Gasteiger partial charge in [0.1, 0.15) is 0 Å². The topological polar surface area (TPSA) is 52.6 Å². The zero-order valence-corrected chi connectivity index (χ0v) is 14.1. The number of nitrogens with one attached hydrogen (secondary N) is 1. The van der Waals surface area contributed by atoms with Crippen molar-refractivity contribution in [3.63, 3.8) is 0 Å². The average Bonchev–Trinajstić information content (AvgIpc) is 2.57. The minimum atomic E-state index is -0.216. The second-order valence-electron chi connectivity index (χ2n) is 6.67. The van der Waals surface area contributed by atoms with Crippen molar-refractivity contribution in [2.75, 3.05) is 13.1 Å². The van der Waals surface area contributed by atoms with Crippen LogP contribution in [0.25, 0.3) is 0 Å². The molecule has 2 atom stereocenters. The zero-order chi connectivity index (χ0) is 16.2. The Morgan fingerprint density at radius 1 is 1.13 bits per heavy atom. The van der Waals surface area contributed by atoms with Crippen LogP contribution in [-0.2, 0) is 0 Å². The number of halogens is 1. The number of likely N-dealkylation sites (tertiary alicyclic amines) is 1.